The Morgan fingerprint density at radius 2 is 1.24 bits per heavy atom. The highest BCUT2D eigenvalue weighted by atomic mass is 16.5. The minimum atomic E-state index is -0.671. The average Bonchev–Trinajstić information content (AvgIpc) is 3.99. The summed E-state index contributed by atoms with van der Waals surface area (Å²) in [7, 11) is 2.57. The molecule has 2 saturated carbocycles. The summed E-state index contributed by atoms with van der Waals surface area (Å²) < 4.78 is 21.3. The zero-order valence-corrected chi connectivity index (χ0v) is 30.4. The Kier molecular flexibility index (Phi) is 11.9. The van der Waals surface area contributed by atoms with Crippen LogP contribution in [-0.2, 0) is 19.1 Å². The van der Waals surface area contributed by atoms with E-state index in [0.29, 0.717) is 48.5 Å². The van der Waals surface area contributed by atoms with E-state index in [9.17, 15) is 19.2 Å². The Labute approximate surface area is 299 Å². The Hall–Kier alpha value is -4.10. The second kappa shape index (κ2) is 16.5. The molecule has 280 valence electrons. The van der Waals surface area contributed by atoms with Gasteiger partial charge in [0, 0.05) is 24.9 Å². The van der Waals surface area contributed by atoms with Gasteiger partial charge in [-0.25, -0.2) is 19.6 Å². The number of nitrogens with zero attached hydrogens (tertiary/aromatic N) is 4. The van der Waals surface area contributed by atoms with Crippen LogP contribution < -0.4 is 10.6 Å². The van der Waals surface area contributed by atoms with E-state index < -0.39 is 18.2 Å². The van der Waals surface area contributed by atoms with Gasteiger partial charge in [-0.2, -0.15) is 0 Å². The van der Waals surface area contributed by atoms with E-state index >= 15 is 0 Å². The van der Waals surface area contributed by atoms with Gasteiger partial charge in [0.05, 0.1) is 25.6 Å². The first-order chi connectivity index (χ1) is 24.7. The number of amides is 4. The average molecular weight is 711 g/mol. The van der Waals surface area contributed by atoms with E-state index in [4.69, 9.17) is 23.5 Å². The fourth-order valence-electron chi connectivity index (χ4n) is 8.86. The van der Waals surface area contributed by atoms with Gasteiger partial charge in [-0.05, 0) is 94.8 Å². The van der Waals surface area contributed by atoms with Crippen molar-refractivity contribution in [3.63, 3.8) is 0 Å². The lowest BCUT2D eigenvalue weighted by Crippen LogP contribution is -2.51. The third-order valence-electron chi connectivity index (χ3n) is 11.8. The van der Waals surface area contributed by atoms with Crippen molar-refractivity contribution in [2.75, 3.05) is 33.9 Å². The Morgan fingerprint density at radius 3 is 1.73 bits per heavy atom. The van der Waals surface area contributed by atoms with Crippen LogP contribution in [-0.4, -0.2) is 83.7 Å². The van der Waals surface area contributed by atoms with Crippen molar-refractivity contribution in [2.45, 2.75) is 121 Å². The molecule has 14 nitrogen and oxygen atoms in total. The molecule has 14 heteroatoms. The molecule has 3 atom stereocenters. The lowest BCUT2D eigenvalue weighted by molar-refractivity contribution is -0.135. The van der Waals surface area contributed by atoms with Gasteiger partial charge < -0.3 is 38.7 Å². The number of carbonyl (C=O) groups is 4. The summed E-state index contributed by atoms with van der Waals surface area (Å²) in [5.74, 6) is 2.93. The lowest BCUT2D eigenvalue weighted by Gasteiger charge is -2.37. The number of nitrogens with one attached hydrogen (secondary N) is 2. The summed E-state index contributed by atoms with van der Waals surface area (Å²) in [5.41, 5.74) is 1.98. The molecule has 0 aromatic carbocycles. The van der Waals surface area contributed by atoms with Crippen molar-refractivity contribution in [3.8, 4) is 0 Å². The number of likely N-dealkylation sites (tertiary alicyclic amines) is 2. The standard InChI is InChI=1S/C37H54N6O8/c1-22(2)32(41-37(47)49-4)35(45)43-18-6-8-30(43)34-40-28(21-51-34)26-15-11-24(12-16-26)23-9-13-25(14-10-23)27-20-50-33(39-27)29-7-5-17-42(29)31(44)19-38-36(46)48-3/h20-26,29-30,32H,5-19H2,1-4H3,(H,38,46)(H,41,47). The van der Waals surface area contributed by atoms with E-state index in [2.05, 4.69) is 15.4 Å². The lowest BCUT2D eigenvalue weighted by atomic mass is 9.68. The molecule has 2 aromatic heterocycles. The third kappa shape index (κ3) is 8.35. The highest BCUT2D eigenvalue weighted by molar-refractivity contribution is 5.86. The van der Waals surface area contributed by atoms with Gasteiger partial charge in [0.15, 0.2) is 0 Å². The molecule has 2 saturated heterocycles. The highest BCUT2D eigenvalue weighted by Crippen LogP contribution is 2.46. The summed E-state index contributed by atoms with van der Waals surface area (Å²) in [6.07, 6.45) is 14.7. The second-order valence-corrected chi connectivity index (χ2v) is 15.1. The van der Waals surface area contributed by atoms with E-state index in [1.54, 1.807) is 22.3 Å². The molecule has 6 rings (SSSR count). The number of alkyl carbamates (subject to hydrolysis) is 2. The van der Waals surface area contributed by atoms with Crippen LogP contribution in [0.2, 0.25) is 0 Å². The zero-order valence-electron chi connectivity index (χ0n) is 30.4. The molecule has 4 heterocycles. The first kappa shape index (κ1) is 36.7. The number of methoxy groups -OCH3 is 2. The molecule has 0 spiro atoms. The molecule has 0 bridgehead atoms. The van der Waals surface area contributed by atoms with Crippen LogP contribution in [0, 0.1) is 17.8 Å². The zero-order chi connectivity index (χ0) is 36.1. The molecule has 3 unspecified atom stereocenters. The summed E-state index contributed by atoms with van der Waals surface area (Å²) >= 11 is 0. The van der Waals surface area contributed by atoms with Crippen LogP contribution in [0.5, 0.6) is 0 Å². The molecule has 2 N–H and O–H groups in total. The number of hydrogen-bond acceptors (Lipinski definition) is 10. The molecule has 2 aliphatic heterocycles. The molecule has 51 heavy (non-hydrogen) atoms. The van der Waals surface area contributed by atoms with Gasteiger partial charge in [-0.3, -0.25) is 9.59 Å². The molecule has 0 radical (unpaired) electrons. The largest absolute Gasteiger partial charge is 0.453 e. The van der Waals surface area contributed by atoms with E-state index in [1.165, 1.54) is 39.9 Å². The maximum absolute atomic E-state index is 13.5. The summed E-state index contributed by atoms with van der Waals surface area (Å²) in [6.45, 7) is 4.94. The molecule has 2 aromatic rings. The van der Waals surface area contributed by atoms with Crippen molar-refractivity contribution in [1.82, 2.24) is 30.4 Å². The van der Waals surface area contributed by atoms with Gasteiger partial charge in [-0.15, -0.1) is 0 Å². The number of ether oxygens (including phenoxy) is 2. The van der Waals surface area contributed by atoms with Crippen molar-refractivity contribution in [1.29, 1.82) is 0 Å². The van der Waals surface area contributed by atoms with Crippen LogP contribution in [0.25, 0.3) is 0 Å². The first-order valence-corrected chi connectivity index (χ1v) is 18.8. The van der Waals surface area contributed by atoms with Gasteiger partial charge >= 0.3 is 12.2 Å². The van der Waals surface area contributed by atoms with Gasteiger partial charge in [-0.1, -0.05) is 13.8 Å². The number of hydrogen-bond donors (Lipinski definition) is 2. The highest BCUT2D eigenvalue weighted by Gasteiger charge is 2.40. The SMILES string of the molecule is COC(=O)NCC(=O)N1CCCC1c1nc(C2CCC(C3CCC(c4coc(C5CCCN5C(=O)C(NC(=O)OC)C(C)C)n4)CC3)CC2)co1. The topological polar surface area (TPSA) is 169 Å². The number of aromatic nitrogens is 2. The van der Waals surface area contributed by atoms with E-state index in [1.807, 2.05) is 13.8 Å². The Morgan fingerprint density at radius 1 is 0.745 bits per heavy atom. The van der Waals surface area contributed by atoms with Crippen molar-refractivity contribution in [3.05, 3.63) is 35.7 Å². The fraction of sp³-hybridized carbons (Fsp3) is 0.730. The van der Waals surface area contributed by atoms with Crippen LogP contribution in [0.4, 0.5) is 9.59 Å². The quantitative estimate of drug-likeness (QED) is 0.299. The number of rotatable bonds is 10. The summed E-state index contributed by atoms with van der Waals surface area (Å²) in [5, 5.41) is 5.17. The second-order valence-electron chi connectivity index (χ2n) is 15.1. The fourth-order valence-corrected chi connectivity index (χ4v) is 8.86. The molecular weight excluding hydrogens is 656 g/mol. The number of oxazole rings is 2. The van der Waals surface area contributed by atoms with Gasteiger partial charge in [0.1, 0.15) is 37.2 Å². The predicted octanol–water partition coefficient (Wildman–Crippen LogP) is 5.97. The first-order valence-electron chi connectivity index (χ1n) is 18.8. The molecule has 4 amide bonds. The van der Waals surface area contributed by atoms with Crippen molar-refractivity contribution in [2.24, 2.45) is 17.8 Å². The van der Waals surface area contributed by atoms with Gasteiger partial charge in [0.25, 0.3) is 0 Å². The van der Waals surface area contributed by atoms with Crippen molar-refractivity contribution < 1.29 is 37.5 Å². The molecule has 2 aliphatic carbocycles. The number of carbonyl (C=O) groups excluding carboxylic acids is 4. The van der Waals surface area contributed by atoms with Crippen LogP contribution in [0.3, 0.4) is 0 Å². The Balaban J connectivity index is 0.972. The molecule has 4 fully saturated rings. The van der Waals surface area contributed by atoms with Crippen LogP contribution in [0.15, 0.2) is 21.4 Å². The minimum Gasteiger partial charge on any atom is -0.453 e. The maximum atomic E-state index is 13.5. The van der Waals surface area contributed by atoms with Gasteiger partial charge in [0.2, 0.25) is 23.6 Å². The smallest absolute Gasteiger partial charge is 0.407 e. The Bertz CT molecular complexity index is 1510. The summed E-state index contributed by atoms with van der Waals surface area (Å²) in [4.78, 5) is 63.0. The minimum absolute atomic E-state index is 0.0881. The predicted molar refractivity (Wildman–Crippen MR) is 184 cm³/mol. The van der Waals surface area contributed by atoms with E-state index in [-0.39, 0.29) is 36.4 Å². The molecule has 4 aliphatic rings. The van der Waals surface area contributed by atoms with Crippen LogP contribution in [0.1, 0.15) is 138 Å². The monoisotopic (exact) mass is 710 g/mol. The molecular formula is C37H54N6O8. The van der Waals surface area contributed by atoms with E-state index in [0.717, 1.165) is 62.8 Å². The maximum Gasteiger partial charge on any atom is 0.407 e. The normalized spacial score (nSPS) is 27.3. The van der Waals surface area contributed by atoms with Crippen molar-refractivity contribution >= 4 is 24.0 Å². The summed E-state index contributed by atoms with van der Waals surface area (Å²) in [6, 6.07) is -1.10. The van der Waals surface area contributed by atoms with Crippen LogP contribution >= 0.6 is 0 Å². The third-order valence-corrected chi connectivity index (χ3v) is 11.8.